The molecule has 0 radical (unpaired) electrons. The lowest BCUT2D eigenvalue weighted by molar-refractivity contribution is 0.669. The maximum Gasteiger partial charge on any atom is 0.164 e. The number of hydrogen-bond donors (Lipinski definition) is 0. The SMILES string of the molecule is c1ccc(-c2nc(-c3ccc4sc5ccccc5c4c3)nc(-c3cccc4oc5c(-c6nc7ccccc7s6)cccc5c34)n2)cc1.c1ccc(-c2nc(-c3cccc4oc5c(-c6nc7ccccc7s6)cccc5c34)nc(-c3cccc4sc5ccccc5c34)n2)cc1. The summed E-state index contributed by atoms with van der Waals surface area (Å²) < 4.78 is 20.5. The average Bonchev–Trinajstić information content (AvgIpc) is 1.47. The molecule has 0 saturated carbocycles. The molecule has 20 aromatic rings. The number of furan rings is 2. The average molecular weight is 1280 g/mol. The van der Waals surface area contributed by atoms with Gasteiger partial charge in [0.25, 0.3) is 0 Å². The zero-order chi connectivity index (χ0) is 61.8. The Bertz CT molecular complexity index is 6340. The van der Waals surface area contributed by atoms with Gasteiger partial charge in [-0.15, -0.1) is 45.3 Å². The van der Waals surface area contributed by atoms with Crippen LogP contribution in [0, 0.1) is 0 Å². The van der Waals surface area contributed by atoms with E-state index in [4.69, 9.17) is 48.7 Å². The van der Waals surface area contributed by atoms with Crippen molar-refractivity contribution in [3.05, 3.63) is 267 Å². The molecule has 20 rings (SSSR count). The molecule has 0 amide bonds. The Morgan fingerprint density at radius 3 is 1.16 bits per heavy atom. The van der Waals surface area contributed by atoms with Gasteiger partial charge in [0.2, 0.25) is 0 Å². The minimum Gasteiger partial charge on any atom is -0.455 e. The predicted octanol–water partition coefficient (Wildman–Crippen LogP) is 22.8. The van der Waals surface area contributed by atoms with E-state index in [0.29, 0.717) is 34.9 Å². The van der Waals surface area contributed by atoms with E-state index >= 15 is 0 Å². The zero-order valence-electron chi connectivity index (χ0n) is 49.4. The van der Waals surface area contributed by atoms with Crippen molar-refractivity contribution in [2.45, 2.75) is 0 Å². The Hall–Kier alpha value is -11.5. The molecular formula is C80H44N8O2S4. The number of nitrogens with zero attached hydrogens (tertiary/aromatic N) is 8. The number of hydrogen-bond acceptors (Lipinski definition) is 14. The van der Waals surface area contributed by atoms with Gasteiger partial charge >= 0.3 is 0 Å². The Morgan fingerprint density at radius 2 is 0.606 bits per heavy atom. The first kappa shape index (κ1) is 54.2. The van der Waals surface area contributed by atoms with Gasteiger partial charge in [0.05, 0.1) is 31.6 Å². The maximum atomic E-state index is 6.62. The van der Waals surface area contributed by atoms with E-state index in [2.05, 4.69) is 146 Å². The fraction of sp³-hybridized carbons (Fsp3) is 0. The first-order chi connectivity index (χ1) is 46.5. The van der Waals surface area contributed by atoms with Gasteiger partial charge in [-0.05, 0) is 84.9 Å². The lowest BCUT2D eigenvalue weighted by atomic mass is 10.0. The third-order valence-electron chi connectivity index (χ3n) is 17.2. The highest BCUT2D eigenvalue weighted by Gasteiger charge is 2.24. The number of para-hydroxylation sites is 4. The summed E-state index contributed by atoms with van der Waals surface area (Å²) in [5, 5.41) is 10.6. The van der Waals surface area contributed by atoms with Crippen molar-refractivity contribution in [3.63, 3.8) is 0 Å². The smallest absolute Gasteiger partial charge is 0.164 e. The normalized spacial score (nSPS) is 11.8. The number of thiazole rings is 2. The van der Waals surface area contributed by atoms with Gasteiger partial charge in [-0.25, -0.2) is 39.9 Å². The molecule has 0 N–H and O–H groups in total. The minimum absolute atomic E-state index is 0.600. The molecule has 0 aliphatic rings. The summed E-state index contributed by atoms with van der Waals surface area (Å²) in [5.74, 6) is 3.73. The van der Waals surface area contributed by atoms with Crippen LogP contribution in [0.15, 0.2) is 276 Å². The number of benzene rings is 12. The van der Waals surface area contributed by atoms with Gasteiger partial charge in [-0.1, -0.05) is 182 Å². The quantitative estimate of drug-likeness (QED) is 0.145. The monoisotopic (exact) mass is 1280 g/mol. The molecule has 8 aromatic heterocycles. The topological polar surface area (TPSA) is 129 Å². The van der Waals surface area contributed by atoms with Crippen LogP contribution in [0.4, 0.5) is 0 Å². The maximum absolute atomic E-state index is 6.62. The molecule has 0 fully saturated rings. The van der Waals surface area contributed by atoms with Gasteiger partial charge < -0.3 is 8.83 Å². The number of fused-ring (bicyclic) bond motifs is 14. The second-order valence-corrected chi connectivity index (χ2v) is 27.1. The van der Waals surface area contributed by atoms with Crippen LogP contribution < -0.4 is 0 Å². The summed E-state index contributed by atoms with van der Waals surface area (Å²) in [6.45, 7) is 0. The van der Waals surface area contributed by atoms with E-state index in [1.807, 2.05) is 121 Å². The van der Waals surface area contributed by atoms with Crippen LogP contribution in [0.25, 0.3) is 194 Å². The molecular weight excluding hydrogens is 1230 g/mol. The van der Waals surface area contributed by atoms with Crippen LogP contribution in [0.5, 0.6) is 0 Å². The van der Waals surface area contributed by atoms with Crippen LogP contribution >= 0.6 is 45.3 Å². The Morgan fingerprint density at radius 1 is 0.223 bits per heavy atom. The first-order valence-electron chi connectivity index (χ1n) is 30.6. The summed E-state index contributed by atoms with van der Waals surface area (Å²) in [4.78, 5) is 40.5. The first-order valence-corrected chi connectivity index (χ1v) is 33.9. The molecule has 94 heavy (non-hydrogen) atoms. The lowest BCUT2D eigenvalue weighted by Gasteiger charge is -2.10. The predicted molar refractivity (Wildman–Crippen MR) is 390 cm³/mol. The van der Waals surface area contributed by atoms with E-state index in [-0.39, 0.29) is 0 Å². The van der Waals surface area contributed by atoms with Crippen molar-refractivity contribution >= 4 is 150 Å². The van der Waals surface area contributed by atoms with Crippen molar-refractivity contribution in [3.8, 4) is 89.5 Å². The summed E-state index contributed by atoms with van der Waals surface area (Å²) >= 11 is 6.94. The Balaban J connectivity index is 0.000000133. The number of aromatic nitrogens is 8. The van der Waals surface area contributed by atoms with E-state index in [1.165, 1.54) is 35.0 Å². The molecule has 0 unspecified atom stereocenters. The standard InChI is InChI=1S/2C40H22N4OS2/c1-2-11-23(12-3-1)37-42-38(44-39(43-37)27-16-10-22-33-35(27)24-13-4-6-20-31(24)46-33)26-15-9-19-30-34(26)25-14-8-17-28(36(25)45-30)40-41-29-18-5-7-21-32(29)47-40;1-2-10-23(11-3-1)37-42-38(24-20-21-33-29(22-24)25-12-4-6-18-32(25)46-33)44-39(43-37)27-14-9-17-31-35(27)26-13-8-15-28(36(26)45-31)40-41-30-16-5-7-19-34(30)47-40/h2*1-22H. The van der Waals surface area contributed by atoms with Crippen LogP contribution in [0.2, 0.25) is 0 Å². The van der Waals surface area contributed by atoms with Gasteiger partial charge in [-0.3, -0.25) is 0 Å². The third-order valence-corrected chi connectivity index (χ3v) is 21.6. The van der Waals surface area contributed by atoms with Crippen LogP contribution in [-0.2, 0) is 0 Å². The zero-order valence-corrected chi connectivity index (χ0v) is 52.7. The highest BCUT2D eigenvalue weighted by Crippen LogP contribution is 2.46. The third kappa shape index (κ3) is 9.17. The van der Waals surface area contributed by atoms with Crippen LogP contribution in [-0.4, -0.2) is 39.9 Å². The molecule has 0 bridgehead atoms. The van der Waals surface area contributed by atoms with E-state index in [9.17, 15) is 0 Å². The summed E-state index contributed by atoms with van der Waals surface area (Å²) in [5.41, 5.74) is 12.7. The van der Waals surface area contributed by atoms with Crippen molar-refractivity contribution in [2.75, 3.05) is 0 Å². The number of thiophene rings is 2. The second-order valence-electron chi connectivity index (χ2n) is 22.8. The van der Waals surface area contributed by atoms with Gasteiger partial charge in [0, 0.05) is 95.3 Å². The second kappa shape index (κ2) is 22.1. The van der Waals surface area contributed by atoms with Crippen molar-refractivity contribution in [2.24, 2.45) is 0 Å². The largest absolute Gasteiger partial charge is 0.455 e. The lowest BCUT2D eigenvalue weighted by Crippen LogP contribution is -2.00. The van der Waals surface area contributed by atoms with Crippen molar-refractivity contribution in [1.82, 2.24) is 39.9 Å². The van der Waals surface area contributed by atoms with E-state index in [1.54, 1.807) is 45.3 Å². The molecule has 14 heteroatoms. The Labute approximate surface area is 551 Å². The van der Waals surface area contributed by atoms with Crippen molar-refractivity contribution < 1.29 is 8.83 Å². The molecule has 0 atom stereocenters. The van der Waals surface area contributed by atoms with Gasteiger partial charge in [0.1, 0.15) is 32.3 Å². The Kier molecular flexibility index (Phi) is 12.8. The molecule has 0 saturated heterocycles. The fourth-order valence-corrected chi connectivity index (χ4v) is 17.1. The molecule has 12 aromatic carbocycles. The molecule has 8 heterocycles. The van der Waals surface area contributed by atoms with E-state index in [0.717, 1.165) is 124 Å². The van der Waals surface area contributed by atoms with Crippen molar-refractivity contribution in [1.29, 1.82) is 0 Å². The molecule has 0 spiro atoms. The molecule has 0 aliphatic heterocycles. The fourth-order valence-electron chi connectivity index (χ4n) is 12.9. The summed E-state index contributed by atoms with van der Waals surface area (Å²) in [7, 11) is 0. The summed E-state index contributed by atoms with van der Waals surface area (Å²) in [6, 6.07) is 91.3. The van der Waals surface area contributed by atoms with Gasteiger partial charge in [-0.2, -0.15) is 0 Å². The highest BCUT2D eigenvalue weighted by molar-refractivity contribution is 7.26. The van der Waals surface area contributed by atoms with Crippen LogP contribution in [0.3, 0.4) is 0 Å². The van der Waals surface area contributed by atoms with Gasteiger partial charge in [0.15, 0.2) is 34.9 Å². The molecule has 440 valence electrons. The highest BCUT2D eigenvalue weighted by atomic mass is 32.1. The molecule has 0 aliphatic carbocycles. The number of rotatable bonds is 8. The van der Waals surface area contributed by atoms with Crippen LogP contribution in [0.1, 0.15) is 0 Å². The minimum atomic E-state index is 0.600. The van der Waals surface area contributed by atoms with E-state index < -0.39 is 0 Å². The summed E-state index contributed by atoms with van der Waals surface area (Å²) in [6.07, 6.45) is 0. The molecule has 10 nitrogen and oxygen atoms in total.